The molecule has 0 saturated carbocycles. The Kier molecular flexibility index (Phi) is 3.25. The second kappa shape index (κ2) is 4.84. The van der Waals surface area contributed by atoms with Crippen molar-refractivity contribution in [2.45, 2.75) is 13.1 Å². The molecule has 0 unspecified atom stereocenters. The van der Waals surface area contributed by atoms with Crippen molar-refractivity contribution in [1.82, 2.24) is 4.57 Å². The molecule has 2 rings (SSSR count). The Balaban J connectivity index is 2.35. The van der Waals surface area contributed by atoms with Gasteiger partial charge in [0.05, 0.1) is 6.54 Å². The smallest absolute Gasteiger partial charge is 0.293 e. The first-order chi connectivity index (χ1) is 8.22. The van der Waals surface area contributed by atoms with Crippen molar-refractivity contribution >= 4 is 0 Å². The Morgan fingerprint density at radius 3 is 2.53 bits per heavy atom. The second-order valence-corrected chi connectivity index (χ2v) is 3.81. The van der Waals surface area contributed by atoms with Crippen LogP contribution in [0.15, 0.2) is 47.4 Å². The first-order valence-electron chi connectivity index (χ1n) is 5.37. The largest absolute Gasteiger partial charge is 0.503 e. The Labute approximate surface area is 98.9 Å². The van der Waals surface area contributed by atoms with Gasteiger partial charge in [-0.25, -0.2) is 0 Å². The van der Waals surface area contributed by atoms with Crippen molar-refractivity contribution in [3.63, 3.8) is 0 Å². The molecule has 0 aliphatic rings. The van der Waals surface area contributed by atoms with Gasteiger partial charge in [-0.1, -0.05) is 30.3 Å². The summed E-state index contributed by atoms with van der Waals surface area (Å²) in [5.41, 5.74) is 6.49. The molecule has 1 aromatic carbocycles. The van der Waals surface area contributed by atoms with E-state index in [0.29, 0.717) is 12.1 Å². The van der Waals surface area contributed by atoms with Gasteiger partial charge in [-0.05, 0) is 11.6 Å². The molecule has 0 saturated heterocycles. The fourth-order valence-electron chi connectivity index (χ4n) is 1.67. The van der Waals surface area contributed by atoms with Crippen LogP contribution in [0.1, 0.15) is 11.1 Å². The van der Waals surface area contributed by atoms with E-state index in [0.717, 1.165) is 5.56 Å². The van der Waals surface area contributed by atoms with Gasteiger partial charge in [-0.2, -0.15) is 0 Å². The first kappa shape index (κ1) is 11.4. The van der Waals surface area contributed by atoms with Crippen molar-refractivity contribution < 1.29 is 5.11 Å². The zero-order valence-electron chi connectivity index (χ0n) is 9.34. The standard InChI is InChI=1S/C13H14N2O2/c14-8-11-6-7-15(13(17)12(11)16)9-10-4-2-1-3-5-10/h1-7,16H,8-9,14H2. The molecule has 4 nitrogen and oxygen atoms in total. The molecule has 0 aliphatic carbocycles. The fraction of sp³-hybridized carbons (Fsp3) is 0.154. The highest BCUT2D eigenvalue weighted by atomic mass is 16.3. The van der Waals surface area contributed by atoms with E-state index in [-0.39, 0.29) is 12.3 Å². The molecule has 1 aromatic heterocycles. The monoisotopic (exact) mass is 230 g/mol. The molecule has 3 N–H and O–H groups in total. The number of hydrogen-bond acceptors (Lipinski definition) is 3. The van der Waals surface area contributed by atoms with Crippen LogP contribution in [0.2, 0.25) is 0 Å². The van der Waals surface area contributed by atoms with Gasteiger partial charge in [0.25, 0.3) is 5.56 Å². The highest BCUT2D eigenvalue weighted by Crippen LogP contribution is 2.10. The van der Waals surface area contributed by atoms with Crippen LogP contribution in [0, 0.1) is 0 Å². The molecule has 0 radical (unpaired) electrons. The zero-order valence-corrected chi connectivity index (χ0v) is 9.34. The van der Waals surface area contributed by atoms with Crippen LogP contribution in [0.25, 0.3) is 0 Å². The summed E-state index contributed by atoms with van der Waals surface area (Å²) in [6.45, 7) is 0.603. The molecule has 0 spiro atoms. The molecular formula is C13H14N2O2. The lowest BCUT2D eigenvalue weighted by Crippen LogP contribution is -2.21. The van der Waals surface area contributed by atoms with Gasteiger partial charge in [0, 0.05) is 18.3 Å². The molecule has 0 amide bonds. The predicted octanol–water partition coefficient (Wildman–Crippen LogP) is 1.06. The molecule has 1 heterocycles. The Bertz CT molecular complexity index is 561. The van der Waals surface area contributed by atoms with Gasteiger partial charge < -0.3 is 15.4 Å². The lowest BCUT2D eigenvalue weighted by molar-refractivity contribution is 0.452. The summed E-state index contributed by atoms with van der Waals surface area (Å²) in [4.78, 5) is 11.8. The van der Waals surface area contributed by atoms with Gasteiger partial charge >= 0.3 is 0 Å². The Morgan fingerprint density at radius 1 is 1.18 bits per heavy atom. The number of benzene rings is 1. The fourth-order valence-corrected chi connectivity index (χ4v) is 1.67. The van der Waals surface area contributed by atoms with Gasteiger partial charge in [0.1, 0.15) is 0 Å². The van der Waals surface area contributed by atoms with E-state index in [2.05, 4.69) is 0 Å². The average molecular weight is 230 g/mol. The van der Waals surface area contributed by atoms with Crippen LogP contribution >= 0.6 is 0 Å². The van der Waals surface area contributed by atoms with Crippen molar-refractivity contribution in [3.8, 4) is 5.75 Å². The van der Waals surface area contributed by atoms with Crippen molar-refractivity contribution in [3.05, 3.63) is 64.1 Å². The van der Waals surface area contributed by atoms with Crippen LogP contribution in [-0.2, 0) is 13.1 Å². The van der Waals surface area contributed by atoms with E-state index in [4.69, 9.17) is 5.73 Å². The van der Waals surface area contributed by atoms with Crippen LogP contribution in [0.3, 0.4) is 0 Å². The Hall–Kier alpha value is -2.07. The summed E-state index contributed by atoms with van der Waals surface area (Å²) in [5.74, 6) is -0.258. The molecule has 0 aliphatic heterocycles. The molecular weight excluding hydrogens is 216 g/mol. The maximum absolute atomic E-state index is 11.8. The van der Waals surface area contributed by atoms with Crippen LogP contribution in [-0.4, -0.2) is 9.67 Å². The SMILES string of the molecule is NCc1ccn(Cc2ccccc2)c(=O)c1O. The quantitative estimate of drug-likeness (QED) is 0.828. The minimum Gasteiger partial charge on any atom is -0.503 e. The van der Waals surface area contributed by atoms with Gasteiger partial charge in [0.2, 0.25) is 0 Å². The highest BCUT2D eigenvalue weighted by molar-refractivity contribution is 5.29. The van der Waals surface area contributed by atoms with Gasteiger partial charge in [-0.3, -0.25) is 4.79 Å². The van der Waals surface area contributed by atoms with Crippen molar-refractivity contribution in [1.29, 1.82) is 0 Å². The van der Waals surface area contributed by atoms with Crippen LogP contribution in [0.4, 0.5) is 0 Å². The molecule has 2 aromatic rings. The number of aromatic hydroxyl groups is 1. The minimum absolute atomic E-state index is 0.160. The van der Waals surface area contributed by atoms with E-state index in [1.165, 1.54) is 4.57 Å². The van der Waals surface area contributed by atoms with E-state index >= 15 is 0 Å². The average Bonchev–Trinajstić information content (AvgIpc) is 2.37. The number of aromatic nitrogens is 1. The number of nitrogens with zero attached hydrogens (tertiary/aromatic N) is 1. The lowest BCUT2D eigenvalue weighted by Gasteiger charge is -2.08. The molecule has 4 heteroatoms. The van der Waals surface area contributed by atoms with Gasteiger partial charge in [0.15, 0.2) is 5.75 Å². The van der Waals surface area contributed by atoms with E-state index in [1.54, 1.807) is 12.3 Å². The Morgan fingerprint density at radius 2 is 1.88 bits per heavy atom. The zero-order chi connectivity index (χ0) is 12.3. The first-order valence-corrected chi connectivity index (χ1v) is 5.37. The van der Waals surface area contributed by atoms with Gasteiger partial charge in [-0.15, -0.1) is 0 Å². The van der Waals surface area contributed by atoms with Crippen LogP contribution < -0.4 is 11.3 Å². The molecule has 17 heavy (non-hydrogen) atoms. The third-order valence-electron chi connectivity index (χ3n) is 2.64. The topological polar surface area (TPSA) is 68.2 Å². The van der Waals surface area contributed by atoms with E-state index < -0.39 is 5.56 Å². The van der Waals surface area contributed by atoms with Crippen molar-refractivity contribution in [2.24, 2.45) is 5.73 Å². The highest BCUT2D eigenvalue weighted by Gasteiger charge is 2.07. The maximum atomic E-state index is 11.8. The molecule has 0 atom stereocenters. The summed E-state index contributed by atoms with van der Waals surface area (Å²) in [5, 5.41) is 9.64. The summed E-state index contributed by atoms with van der Waals surface area (Å²) >= 11 is 0. The number of nitrogens with two attached hydrogens (primary N) is 1. The molecule has 0 bridgehead atoms. The third kappa shape index (κ3) is 2.37. The summed E-state index contributed by atoms with van der Waals surface area (Å²) in [6, 6.07) is 11.3. The lowest BCUT2D eigenvalue weighted by atomic mass is 10.2. The molecule has 0 fully saturated rings. The molecule has 88 valence electrons. The summed E-state index contributed by atoms with van der Waals surface area (Å²) < 4.78 is 1.46. The summed E-state index contributed by atoms with van der Waals surface area (Å²) in [6.07, 6.45) is 1.65. The van der Waals surface area contributed by atoms with E-state index in [1.807, 2.05) is 30.3 Å². The minimum atomic E-state index is -0.406. The second-order valence-electron chi connectivity index (χ2n) is 3.81. The maximum Gasteiger partial charge on any atom is 0.293 e. The predicted molar refractivity (Wildman–Crippen MR) is 65.8 cm³/mol. The normalized spacial score (nSPS) is 10.4. The van der Waals surface area contributed by atoms with E-state index in [9.17, 15) is 9.90 Å². The number of rotatable bonds is 3. The van der Waals surface area contributed by atoms with Crippen LogP contribution in [0.5, 0.6) is 5.75 Å². The third-order valence-corrected chi connectivity index (χ3v) is 2.64. The summed E-state index contributed by atoms with van der Waals surface area (Å²) in [7, 11) is 0. The van der Waals surface area contributed by atoms with Crippen molar-refractivity contribution in [2.75, 3.05) is 0 Å². The number of hydrogen-bond donors (Lipinski definition) is 2. The number of pyridine rings is 1.